The Labute approximate surface area is 158 Å². The van der Waals surface area contributed by atoms with Crippen molar-refractivity contribution < 1.29 is 14.3 Å². The van der Waals surface area contributed by atoms with E-state index in [2.05, 4.69) is 11.9 Å². The number of pyridine rings is 1. The molecule has 0 spiro atoms. The number of fused-ring (bicyclic) bond motifs is 1. The summed E-state index contributed by atoms with van der Waals surface area (Å²) in [6.07, 6.45) is 2.94. The third-order valence-electron chi connectivity index (χ3n) is 4.32. The fourth-order valence-electron chi connectivity index (χ4n) is 2.73. The predicted octanol–water partition coefficient (Wildman–Crippen LogP) is 4.63. The number of aryl methyl sites for hydroxylation is 1. The second kappa shape index (κ2) is 8.41. The first-order chi connectivity index (χ1) is 13.1. The van der Waals surface area contributed by atoms with Gasteiger partial charge in [-0.05, 0) is 37.1 Å². The maximum absolute atomic E-state index is 12.4. The fraction of sp³-hybridized carbons (Fsp3) is 0.174. The Kier molecular flexibility index (Phi) is 5.77. The van der Waals surface area contributed by atoms with Crippen molar-refractivity contribution in [3.05, 3.63) is 83.6 Å². The molecule has 0 saturated heterocycles. The lowest BCUT2D eigenvalue weighted by Crippen LogP contribution is -2.23. The van der Waals surface area contributed by atoms with Gasteiger partial charge >= 0.3 is 5.97 Å². The van der Waals surface area contributed by atoms with Crippen LogP contribution in [0.5, 0.6) is 0 Å². The molecule has 3 rings (SSSR count). The monoisotopic (exact) mass is 359 g/mol. The Bertz CT molecular complexity index is 990. The van der Waals surface area contributed by atoms with Gasteiger partial charge in [0, 0.05) is 17.0 Å². The van der Waals surface area contributed by atoms with Crippen LogP contribution in [-0.4, -0.2) is 22.8 Å². The minimum absolute atomic E-state index is 0.219. The quantitative estimate of drug-likeness (QED) is 0.366. The number of Topliss-reactive ketones (excluding diaryl/α,β-unsaturated/α-hetero) is 1. The average Bonchev–Trinajstić information content (AvgIpc) is 2.71. The summed E-state index contributed by atoms with van der Waals surface area (Å²) in [7, 11) is 0. The van der Waals surface area contributed by atoms with Gasteiger partial charge in [0.1, 0.15) is 0 Å². The van der Waals surface area contributed by atoms with E-state index in [4.69, 9.17) is 4.74 Å². The molecule has 0 aliphatic rings. The number of hydrogen-bond donors (Lipinski definition) is 0. The molecular formula is C23H21NO3. The normalized spacial score (nSPS) is 12.2. The molecule has 1 unspecified atom stereocenters. The molecule has 27 heavy (non-hydrogen) atoms. The molecule has 0 saturated carbocycles. The number of carbonyl (C=O) groups is 2. The summed E-state index contributed by atoms with van der Waals surface area (Å²) in [4.78, 5) is 28.9. The minimum Gasteiger partial charge on any atom is -0.451 e. The first-order valence-electron chi connectivity index (χ1n) is 8.94. The zero-order chi connectivity index (χ0) is 19.2. The Morgan fingerprint density at radius 2 is 1.78 bits per heavy atom. The van der Waals surface area contributed by atoms with Gasteiger partial charge in [-0.25, -0.2) is 9.78 Å². The maximum Gasteiger partial charge on any atom is 0.331 e. The topological polar surface area (TPSA) is 56.3 Å². The smallest absolute Gasteiger partial charge is 0.331 e. The van der Waals surface area contributed by atoms with Crippen LogP contribution in [0.3, 0.4) is 0 Å². The number of carbonyl (C=O) groups excluding carboxylic acids is 2. The Morgan fingerprint density at radius 1 is 1.04 bits per heavy atom. The van der Waals surface area contributed by atoms with Crippen molar-refractivity contribution in [2.45, 2.75) is 26.4 Å². The van der Waals surface area contributed by atoms with Gasteiger partial charge in [0.15, 0.2) is 6.10 Å². The molecule has 0 aliphatic carbocycles. The van der Waals surface area contributed by atoms with E-state index in [0.29, 0.717) is 11.3 Å². The van der Waals surface area contributed by atoms with E-state index in [1.807, 2.05) is 48.5 Å². The van der Waals surface area contributed by atoms with Crippen LogP contribution in [0.25, 0.3) is 17.0 Å². The second-order valence-electron chi connectivity index (χ2n) is 6.26. The van der Waals surface area contributed by atoms with E-state index >= 15 is 0 Å². The van der Waals surface area contributed by atoms with Crippen LogP contribution in [0.4, 0.5) is 0 Å². The van der Waals surface area contributed by atoms with Crippen LogP contribution in [0.1, 0.15) is 35.5 Å². The maximum atomic E-state index is 12.4. The zero-order valence-electron chi connectivity index (χ0n) is 15.4. The van der Waals surface area contributed by atoms with E-state index in [1.165, 1.54) is 6.08 Å². The van der Waals surface area contributed by atoms with Crippen molar-refractivity contribution >= 4 is 28.7 Å². The van der Waals surface area contributed by atoms with Gasteiger partial charge in [-0.15, -0.1) is 0 Å². The molecule has 0 amide bonds. The Hall–Kier alpha value is -3.27. The van der Waals surface area contributed by atoms with Crippen LogP contribution in [0.2, 0.25) is 0 Å². The van der Waals surface area contributed by atoms with E-state index in [9.17, 15) is 9.59 Å². The van der Waals surface area contributed by atoms with Gasteiger partial charge in [-0.3, -0.25) is 4.79 Å². The third kappa shape index (κ3) is 4.67. The van der Waals surface area contributed by atoms with Crippen molar-refractivity contribution in [3.8, 4) is 0 Å². The van der Waals surface area contributed by atoms with Gasteiger partial charge in [-0.1, -0.05) is 55.5 Å². The van der Waals surface area contributed by atoms with Crippen molar-refractivity contribution in [1.82, 2.24) is 4.98 Å². The van der Waals surface area contributed by atoms with Crippen molar-refractivity contribution in [2.24, 2.45) is 0 Å². The minimum atomic E-state index is -0.848. The van der Waals surface area contributed by atoms with E-state index < -0.39 is 12.1 Å². The number of nitrogens with zero attached hydrogens (tertiary/aromatic N) is 1. The summed E-state index contributed by atoms with van der Waals surface area (Å²) >= 11 is 0. The molecule has 136 valence electrons. The molecule has 4 heteroatoms. The standard InChI is InChI=1S/C23H21NO3/c1-3-17-8-10-19(11-9-17)23(26)16(2)27-22(25)15-14-20-13-12-18-6-4-5-7-21(18)24-20/h4-16H,3H2,1-2H3/b15-14+. The highest BCUT2D eigenvalue weighted by Crippen LogP contribution is 2.13. The third-order valence-corrected chi connectivity index (χ3v) is 4.32. The largest absolute Gasteiger partial charge is 0.451 e. The molecule has 0 bridgehead atoms. The Morgan fingerprint density at radius 3 is 2.52 bits per heavy atom. The summed E-state index contributed by atoms with van der Waals surface area (Å²) in [5.41, 5.74) is 3.20. The summed E-state index contributed by atoms with van der Waals surface area (Å²) in [5.74, 6) is -0.792. The van der Waals surface area contributed by atoms with Gasteiger partial charge in [0.05, 0.1) is 11.2 Å². The molecule has 0 N–H and O–H groups in total. The van der Waals surface area contributed by atoms with Gasteiger partial charge in [0.25, 0.3) is 0 Å². The second-order valence-corrected chi connectivity index (χ2v) is 6.26. The summed E-state index contributed by atoms with van der Waals surface area (Å²) in [5, 5.41) is 1.03. The van der Waals surface area contributed by atoms with E-state index in [-0.39, 0.29) is 5.78 Å². The molecule has 4 nitrogen and oxygen atoms in total. The zero-order valence-corrected chi connectivity index (χ0v) is 15.4. The van der Waals surface area contributed by atoms with Gasteiger partial charge < -0.3 is 4.74 Å². The predicted molar refractivity (Wildman–Crippen MR) is 106 cm³/mol. The van der Waals surface area contributed by atoms with E-state index in [0.717, 1.165) is 22.9 Å². The molecule has 0 aliphatic heterocycles. The number of para-hydroxylation sites is 1. The molecule has 0 fully saturated rings. The highest BCUT2D eigenvalue weighted by molar-refractivity contribution is 6.01. The number of ether oxygens (including phenoxy) is 1. The van der Waals surface area contributed by atoms with Crippen molar-refractivity contribution in [1.29, 1.82) is 0 Å². The molecule has 1 aromatic heterocycles. The molecule has 1 heterocycles. The molecule has 3 aromatic rings. The van der Waals surface area contributed by atoms with Crippen LogP contribution in [0, 0.1) is 0 Å². The van der Waals surface area contributed by atoms with Crippen molar-refractivity contribution in [3.63, 3.8) is 0 Å². The number of aromatic nitrogens is 1. The number of esters is 1. The highest BCUT2D eigenvalue weighted by Gasteiger charge is 2.18. The molecule has 1 atom stereocenters. The SMILES string of the molecule is CCc1ccc(C(=O)C(C)OC(=O)/C=C/c2ccc3ccccc3n2)cc1. The van der Waals surface area contributed by atoms with Crippen LogP contribution < -0.4 is 0 Å². The summed E-state index contributed by atoms with van der Waals surface area (Å²) < 4.78 is 5.23. The molecule has 2 aromatic carbocycles. The van der Waals surface area contributed by atoms with Gasteiger partial charge in [0.2, 0.25) is 5.78 Å². The summed E-state index contributed by atoms with van der Waals surface area (Å²) in [6.45, 7) is 3.63. The number of rotatable bonds is 6. The lowest BCUT2D eigenvalue weighted by atomic mass is 10.0. The fourth-order valence-corrected chi connectivity index (χ4v) is 2.73. The van der Waals surface area contributed by atoms with Crippen LogP contribution in [-0.2, 0) is 16.0 Å². The van der Waals surface area contributed by atoms with Gasteiger partial charge in [-0.2, -0.15) is 0 Å². The molecular weight excluding hydrogens is 338 g/mol. The number of ketones is 1. The first-order valence-corrected chi connectivity index (χ1v) is 8.94. The molecule has 0 radical (unpaired) electrons. The van der Waals surface area contributed by atoms with Crippen LogP contribution in [0.15, 0.2) is 66.7 Å². The highest BCUT2D eigenvalue weighted by atomic mass is 16.5. The lowest BCUT2D eigenvalue weighted by Gasteiger charge is -2.11. The lowest BCUT2D eigenvalue weighted by molar-refractivity contribution is -0.140. The van der Waals surface area contributed by atoms with Crippen molar-refractivity contribution in [2.75, 3.05) is 0 Å². The first kappa shape index (κ1) is 18.5. The Balaban J connectivity index is 1.62. The van der Waals surface area contributed by atoms with Crippen LogP contribution >= 0.6 is 0 Å². The number of hydrogen-bond acceptors (Lipinski definition) is 4. The van der Waals surface area contributed by atoms with E-state index in [1.54, 1.807) is 25.1 Å². The number of benzene rings is 2. The average molecular weight is 359 g/mol. The summed E-state index contributed by atoms with van der Waals surface area (Å²) in [6, 6.07) is 18.9.